The van der Waals surface area contributed by atoms with Gasteiger partial charge in [0.25, 0.3) is 0 Å². The van der Waals surface area contributed by atoms with E-state index in [1.54, 1.807) is 0 Å². The van der Waals surface area contributed by atoms with Crippen LogP contribution in [0, 0.1) is 6.92 Å². The molecule has 0 aliphatic rings. The van der Waals surface area contributed by atoms with Gasteiger partial charge >= 0.3 is 0 Å². The zero-order chi connectivity index (χ0) is 7.11. The Morgan fingerprint density at radius 1 is 1.44 bits per heavy atom. The molecule has 0 heterocycles. The summed E-state index contributed by atoms with van der Waals surface area (Å²) in [6, 6.07) is 0. The lowest BCUT2D eigenvalue weighted by atomic mass is 10.6. The second-order valence-corrected chi connectivity index (χ2v) is 1.66. The Hall–Kier alpha value is -0.500. The van der Waals surface area contributed by atoms with Crippen molar-refractivity contribution < 1.29 is 9.47 Å². The molecular formula is C7H13O2. The van der Waals surface area contributed by atoms with Crippen molar-refractivity contribution in [2.24, 2.45) is 0 Å². The van der Waals surface area contributed by atoms with Gasteiger partial charge in [0.1, 0.15) is 6.61 Å². The fraction of sp³-hybridized carbons (Fsp3) is 0.571. The lowest BCUT2D eigenvalue weighted by Crippen LogP contribution is -2.01. The van der Waals surface area contributed by atoms with Crippen LogP contribution in [0.5, 0.6) is 0 Å². The monoisotopic (exact) mass is 129 g/mol. The molecule has 2 heteroatoms. The molecule has 0 saturated heterocycles. The Morgan fingerprint density at radius 3 is 2.56 bits per heavy atom. The van der Waals surface area contributed by atoms with Crippen molar-refractivity contribution in [3.05, 3.63) is 19.3 Å². The molecule has 0 atom stereocenters. The Bertz CT molecular complexity index is 79.0. The molecule has 0 fully saturated rings. The van der Waals surface area contributed by atoms with Crippen LogP contribution in [-0.2, 0) is 9.47 Å². The van der Waals surface area contributed by atoms with Crippen LogP contribution in [0.2, 0.25) is 0 Å². The fourth-order valence-electron chi connectivity index (χ4n) is 0.377. The maximum atomic E-state index is 5.00. The van der Waals surface area contributed by atoms with Gasteiger partial charge in [-0.15, -0.1) is 0 Å². The molecule has 0 amide bonds. The van der Waals surface area contributed by atoms with Crippen molar-refractivity contribution in [1.82, 2.24) is 0 Å². The molecule has 0 aliphatic carbocycles. The lowest BCUT2D eigenvalue weighted by molar-refractivity contribution is 0.0915. The quantitative estimate of drug-likeness (QED) is 0.412. The van der Waals surface area contributed by atoms with E-state index in [1.165, 1.54) is 0 Å². The van der Waals surface area contributed by atoms with Crippen LogP contribution in [0.1, 0.15) is 6.92 Å². The van der Waals surface area contributed by atoms with Crippen LogP contribution >= 0.6 is 0 Å². The Balaban J connectivity index is 2.83. The van der Waals surface area contributed by atoms with Crippen molar-refractivity contribution in [2.75, 3.05) is 19.8 Å². The molecular weight excluding hydrogens is 116 g/mol. The first-order valence-electron chi connectivity index (χ1n) is 2.92. The van der Waals surface area contributed by atoms with E-state index in [4.69, 9.17) is 9.47 Å². The zero-order valence-corrected chi connectivity index (χ0v) is 5.85. The van der Waals surface area contributed by atoms with Crippen LogP contribution in [0.25, 0.3) is 0 Å². The van der Waals surface area contributed by atoms with E-state index in [2.05, 4.69) is 13.5 Å². The molecule has 53 valence electrons. The molecule has 0 unspecified atom stereocenters. The van der Waals surface area contributed by atoms with Crippen LogP contribution in [0.15, 0.2) is 12.3 Å². The summed E-state index contributed by atoms with van der Waals surface area (Å²) in [6.45, 7) is 10.5. The SMILES string of the molecule is [CH2]COCCOC(=C)C. The minimum Gasteiger partial charge on any atom is -0.496 e. The van der Waals surface area contributed by atoms with Gasteiger partial charge in [-0.05, 0) is 13.8 Å². The minimum absolute atomic E-state index is 0.500. The summed E-state index contributed by atoms with van der Waals surface area (Å²) >= 11 is 0. The van der Waals surface area contributed by atoms with Gasteiger partial charge in [-0.25, -0.2) is 0 Å². The molecule has 9 heavy (non-hydrogen) atoms. The highest BCUT2D eigenvalue weighted by Gasteiger charge is 1.84. The van der Waals surface area contributed by atoms with Gasteiger partial charge in [0.2, 0.25) is 0 Å². The summed E-state index contributed by atoms with van der Waals surface area (Å²) < 4.78 is 9.90. The fourth-order valence-corrected chi connectivity index (χ4v) is 0.377. The summed E-state index contributed by atoms with van der Waals surface area (Å²) in [6.07, 6.45) is 0. The first kappa shape index (κ1) is 8.50. The molecule has 0 aromatic carbocycles. The van der Waals surface area contributed by atoms with E-state index in [1.807, 2.05) is 6.92 Å². The largest absolute Gasteiger partial charge is 0.496 e. The van der Waals surface area contributed by atoms with Crippen LogP contribution in [0.4, 0.5) is 0 Å². The summed E-state index contributed by atoms with van der Waals surface area (Å²) in [5.74, 6) is 0.725. The van der Waals surface area contributed by atoms with Crippen molar-refractivity contribution in [3.8, 4) is 0 Å². The van der Waals surface area contributed by atoms with Gasteiger partial charge in [-0.1, -0.05) is 6.58 Å². The second kappa shape index (κ2) is 5.63. The minimum atomic E-state index is 0.500. The number of rotatable bonds is 5. The smallest absolute Gasteiger partial charge is 0.111 e. The lowest BCUT2D eigenvalue weighted by Gasteiger charge is -2.03. The zero-order valence-electron chi connectivity index (χ0n) is 5.85. The average molecular weight is 129 g/mol. The molecule has 0 spiro atoms. The predicted molar refractivity (Wildman–Crippen MR) is 36.9 cm³/mol. The molecule has 0 bridgehead atoms. The maximum Gasteiger partial charge on any atom is 0.111 e. The highest BCUT2D eigenvalue weighted by atomic mass is 16.5. The molecule has 0 aromatic rings. The predicted octanol–water partition coefficient (Wildman–Crippen LogP) is 1.39. The summed E-state index contributed by atoms with van der Waals surface area (Å²) in [5, 5.41) is 0. The topological polar surface area (TPSA) is 18.5 Å². The average Bonchev–Trinajstić information content (AvgIpc) is 1.80. The summed E-state index contributed by atoms with van der Waals surface area (Å²) in [7, 11) is 0. The Labute approximate surface area is 56.5 Å². The van der Waals surface area contributed by atoms with E-state index < -0.39 is 0 Å². The summed E-state index contributed by atoms with van der Waals surface area (Å²) in [5.41, 5.74) is 0. The first-order chi connectivity index (χ1) is 4.27. The van der Waals surface area contributed by atoms with Gasteiger partial charge in [0, 0.05) is 6.61 Å². The third kappa shape index (κ3) is 7.50. The third-order valence-electron chi connectivity index (χ3n) is 0.720. The summed E-state index contributed by atoms with van der Waals surface area (Å²) in [4.78, 5) is 0. The molecule has 2 nitrogen and oxygen atoms in total. The molecule has 0 aliphatic heterocycles. The van der Waals surface area contributed by atoms with Gasteiger partial charge in [-0.3, -0.25) is 0 Å². The van der Waals surface area contributed by atoms with Gasteiger partial charge in [0.05, 0.1) is 12.4 Å². The van der Waals surface area contributed by atoms with Crippen molar-refractivity contribution in [3.63, 3.8) is 0 Å². The van der Waals surface area contributed by atoms with E-state index in [0.717, 1.165) is 5.76 Å². The van der Waals surface area contributed by atoms with Crippen LogP contribution < -0.4 is 0 Å². The molecule has 0 saturated carbocycles. The van der Waals surface area contributed by atoms with Crippen LogP contribution in [-0.4, -0.2) is 19.8 Å². The maximum absolute atomic E-state index is 5.00. The Morgan fingerprint density at radius 2 is 2.11 bits per heavy atom. The number of ether oxygens (including phenoxy) is 2. The second-order valence-electron chi connectivity index (χ2n) is 1.66. The molecule has 1 radical (unpaired) electrons. The third-order valence-corrected chi connectivity index (χ3v) is 0.720. The molecule has 0 aromatic heterocycles. The highest BCUT2D eigenvalue weighted by Crippen LogP contribution is 1.88. The first-order valence-corrected chi connectivity index (χ1v) is 2.92. The van der Waals surface area contributed by atoms with Crippen LogP contribution in [0.3, 0.4) is 0 Å². The van der Waals surface area contributed by atoms with Gasteiger partial charge in [0.15, 0.2) is 0 Å². The van der Waals surface area contributed by atoms with E-state index >= 15 is 0 Å². The Kier molecular flexibility index (Phi) is 5.32. The highest BCUT2D eigenvalue weighted by molar-refractivity contribution is 4.72. The van der Waals surface area contributed by atoms with E-state index in [0.29, 0.717) is 19.8 Å². The number of hydrogen-bond donors (Lipinski definition) is 0. The van der Waals surface area contributed by atoms with Crippen molar-refractivity contribution in [2.45, 2.75) is 6.92 Å². The number of allylic oxidation sites excluding steroid dienone is 1. The normalized spacial score (nSPS) is 9.11. The van der Waals surface area contributed by atoms with E-state index in [9.17, 15) is 0 Å². The van der Waals surface area contributed by atoms with E-state index in [-0.39, 0.29) is 0 Å². The van der Waals surface area contributed by atoms with Crippen molar-refractivity contribution in [1.29, 1.82) is 0 Å². The van der Waals surface area contributed by atoms with Gasteiger partial charge < -0.3 is 9.47 Å². The molecule has 0 N–H and O–H groups in total. The number of hydrogen-bond acceptors (Lipinski definition) is 2. The van der Waals surface area contributed by atoms with Crippen molar-refractivity contribution >= 4 is 0 Å². The van der Waals surface area contributed by atoms with Gasteiger partial charge in [-0.2, -0.15) is 0 Å². The standard InChI is InChI=1S/C7H13O2/c1-4-8-5-6-9-7(2)3/h1-2,4-6H2,3H3. The molecule has 0 rings (SSSR count).